The molecular weight excluding hydrogens is 200 g/mol. The molecule has 0 bridgehead atoms. The second-order valence-corrected chi connectivity index (χ2v) is 6.17. The number of aliphatic hydroxyl groups is 1. The van der Waals surface area contributed by atoms with Crippen molar-refractivity contribution >= 4 is 0 Å². The SMILES string of the molecule is CC[C@@H]([C@@H](O)OC1CCCCC1)C(C)(C)C. The fraction of sp³-hybridized carbons (Fsp3) is 1.00. The Kier molecular flexibility index (Phi) is 5.26. The van der Waals surface area contributed by atoms with Crippen molar-refractivity contribution in [3.05, 3.63) is 0 Å². The second-order valence-electron chi connectivity index (χ2n) is 6.17. The average molecular weight is 228 g/mol. The molecule has 1 N–H and O–H groups in total. The molecule has 1 aliphatic rings. The van der Waals surface area contributed by atoms with E-state index in [-0.39, 0.29) is 11.3 Å². The van der Waals surface area contributed by atoms with Crippen LogP contribution >= 0.6 is 0 Å². The highest BCUT2D eigenvalue weighted by molar-refractivity contribution is 4.76. The van der Waals surface area contributed by atoms with Crippen LogP contribution in [0, 0.1) is 11.3 Å². The standard InChI is InChI=1S/C14H28O2/c1-5-12(14(2,3)4)13(15)16-11-9-7-6-8-10-11/h11-13,15H,5-10H2,1-4H3/t12-,13-/m0/s1. The number of rotatable bonds is 4. The zero-order chi connectivity index (χ0) is 12.2. The van der Waals surface area contributed by atoms with Gasteiger partial charge in [-0.05, 0) is 24.7 Å². The van der Waals surface area contributed by atoms with Crippen LogP contribution < -0.4 is 0 Å². The van der Waals surface area contributed by atoms with Crippen molar-refractivity contribution in [1.29, 1.82) is 0 Å². The van der Waals surface area contributed by atoms with Gasteiger partial charge in [0, 0.05) is 5.92 Å². The Morgan fingerprint density at radius 2 is 1.75 bits per heavy atom. The minimum Gasteiger partial charge on any atom is -0.368 e. The first-order chi connectivity index (χ1) is 7.45. The molecule has 1 aliphatic carbocycles. The molecule has 0 aromatic heterocycles. The lowest BCUT2D eigenvalue weighted by molar-refractivity contribution is -0.190. The van der Waals surface area contributed by atoms with Crippen LogP contribution in [0.5, 0.6) is 0 Å². The maximum Gasteiger partial charge on any atom is 0.158 e. The summed E-state index contributed by atoms with van der Waals surface area (Å²) in [6.07, 6.45) is 6.75. The smallest absolute Gasteiger partial charge is 0.158 e. The molecule has 1 rings (SSSR count). The number of hydrogen-bond donors (Lipinski definition) is 1. The van der Waals surface area contributed by atoms with Gasteiger partial charge in [0.05, 0.1) is 6.10 Å². The van der Waals surface area contributed by atoms with E-state index in [2.05, 4.69) is 27.7 Å². The van der Waals surface area contributed by atoms with Gasteiger partial charge in [0.2, 0.25) is 0 Å². The Hall–Kier alpha value is -0.0800. The Morgan fingerprint density at radius 3 is 2.19 bits per heavy atom. The van der Waals surface area contributed by atoms with Gasteiger partial charge in [0.1, 0.15) is 0 Å². The minimum absolute atomic E-state index is 0.114. The quantitative estimate of drug-likeness (QED) is 0.743. The van der Waals surface area contributed by atoms with E-state index in [1.807, 2.05) is 0 Å². The van der Waals surface area contributed by atoms with Gasteiger partial charge < -0.3 is 9.84 Å². The van der Waals surface area contributed by atoms with Crippen LogP contribution in [0.25, 0.3) is 0 Å². The van der Waals surface area contributed by atoms with E-state index >= 15 is 0 Å². The predicted molar refractivity (Wildman–Crippen MR) is 67.2 cm³/mol. The van der Waals surface area contributed by atoms with Crippen molar-refractivity contribution in [2.24, 2.45) is 11.3 Å². The lowest BCUT2D eigenvalue weighted by Gasteiger charge is -2.36. The van der Waals surface area contributed by atoms with Crippen LogP contribution in [-0.4, -0.2) is 17.5 Å². The Bertz CT molecular complexity index is 189. The van der Waals surface area contributed by atoms with Crippen LogP contribution in [0.1, 0.15) is 66.2 Å². The second kappa shape index (κ2) is 6.02. The van der Waals surface area contributed by atoms with Crippen LogP contribution in [0.4, 0.5) is 0 Å². The molecule has 0 aromatic carbocycles. The van der Waals surface area contributed by atoms with Crippen molar-refractivity contribution in [3.63, 3.8) is 0 Å². The summed E-state index contributed by atoms with van der Waals surface area (Å²) in [6.45, 7) is 8.65. The molecule has 1 saturated carbocycles. The molecule has 96 valence electrons. The first-order valence-electron chi connectivity index (χ1n) is 6.78. The first kappa shape index (κ1) is 14.0. The topological polar surface area (TPSA) is 29.5 Å². The fourth-order valence-corrected chi connectivity index (χ4v) is 2.73. The Labute approximate surface area is 100 Å². The summed E-state index contributed by atoms with van der Waals surface area (Å²) in [5.74, 6) is 0.231. The van der Waals surface area contributed by atoms with E-state index in [0.29, 0.717) is 6.10 Å². The lowest BCUT2D eigenvalue weighted by Crippen LogP contribution is -2.36. The molecule has 0 radical (unpaired) electrons. The van der Waals surface area contributed by atoms with Crippen molar-refractivity contribution < 1.29 is 9.84 Å². The van der Waals surface area contributed by atoms with E-state index in [4.69, 9.17) is 4.74 Å². The lowest BCUT2D eigenvalue weighted by atomic mass is 9.78. The summed E-state index contributed by atoms with van der Waals surface area (Å²) >= 11 is 0. The molecule has 0 spiro atoms. The maximum atomic E-state index is 10.2. The summed E-state index contributed by atoms with van der Waals surface area (Å²) in [4.78, 5) is 0. The van der Waals surface area contributed by atoms with Crippen molar-refractivity contribution in [1.82, 2.24) is 0 Å². The Balaban J connectivity index is 2.45. The maximum absolute atomic E-state index is 10.2. The minimum atomic E-state index is -0.590. The van der Waals surface area contributed by atoms with E-state index in [1.165, 1.54) is 19.3 Å². The molecule has 2 nitrogen and oxygen atoms in total. The third-order valence-electron chi connectivity index (χ3n) is 3.78. The summed E-state index contributed by atoms with van der Waals surface area (Å²) in [6, 6.07) is 0. The zero-order valence-electron chi connectivity index (χ0n) is 11.3. The number of ether oxygens (including phenoxy) is 1. The molecule has 0 unspecified atom stereocenters. The van der Waals surface area contributed by atoms with Gasteiger partial charge in [0.15, 0.2) is 6.29 Å². The molecule has 0 amide bonds. The van der Waals surface area contributed by atoms with Gasteiger partial charge in [-0.2, -0.15) is 0 Å². The fourth-order valence-electron chi connectivity index (χ4n) is 2.73. The predicted octanol–water partition coefficient (Wildman–Crippen LogP) is 3.73. The molecule has 0 saturated heterocycles. The zero-order valence-corrected chi connectivity index (χ0v) is 11.3. The van der Waals surface area contributed by atoms with E-state index < -0.39 is 6.29 Å². The molecule has 0 aliphatic heterocycles. The molecule has 2 heteroatoms. The summed E-state index contributed by atoms with van der Waals surface area (Å²) < 4.78 is 5.83. The third-order valence-corrected chi connectivity index (χ3v) is 3.78. The molecular formula is C14H28O2. The molecule has 16 heavy (non-hydrogen) atoms. The third kappa shape index (κ3) is 4.06. The van der Waals surface area contributed by atoms with E-state index in [9.17, 15) is 5.11 Å². The molecule has 1 fully saturated rings. The number of hydrogen-bond acceptors (Lipinski definition) is 2. The first-order valence-corrected chi connectivity index (χ1v) is 6.78. The number of aliphatic hydroxyl groups excluding tert-OH is 1. The van der Waals surface area contributed by atoms with Gasteiger partial charge >= 0.3 is 0 Å². The normalized spacial score (nSPS) is 23.1. The molecule has 0 heterocycles. The summed E-state index contributed by atoms with van der Waals surface area (Å²) in [5, 5.41) is 10.2. The van der Waals surface area contributed by atoms with Crippen LogP contribution in [0.2, 0.25) is 0 Å². The largest absolute Gasteiger partial charge is 0.368 e. The van der Waals surface area contributed by atoms with Gasteiger partial charge in [-0.3, -0.25) is 0 Å². The van der Waals surface area contributed by atoms with Crippen molar-refractivity contribution in [2.75, 3.05) is 0 Å². The van der Waals surface area contributed by atoms with Gasteiger partial charge in [-0.25, -0.2) is 0 Å². The molecule has 0 aromatic rings. The van der Waals surface area contributed by atoms with E-state index in [1.54, 1.807) is 0 Å². The van der Waals surface area contributed by atoms with Gasteiger partial charge in [0.25, 0.3) is 0 Å². The summed E-state index contributed by atoms with van der Waals surface area (Å²) in [5.41, 5.74) is 0.114. The Morgan fingerprint density at radius 1 is 1.19 bits per heavy atom. The highest BCUT2D eigenvalue weighted by Gasteiger charge is 2.32. The summed E-state index contributed by atoms with van der Waals surface area (Å²) in [7, 11) is 0. The van der Waals surface area contributed by atoms with Crippen LogP contribution in [0.3, 0.4) is 0 Å². The highest BCUT2D eigenvalue weighted by atomic mass is 16.6. The van der Waals surface area contributed by atoms with E-state index in [0.717, 1.165) is 19.3 Å². The average Bonchev–Trinajstić information content (AvgIpc) is 2.17. The highest BCUT2D eigenvalue weighted by Crippen LogP contribution is 2.33. The van der Waals surface area contributed by atoms with Gasteiger partial charge in [-0.1, -0.05) is 47.0 Å². The van der Waals surface area contributed by atoms with Crippen LogP contribution in [-0.2, 0) is 4.74 Å². The van der Waals surface area contributed by atoms with Crippen molar-refractivity contribution in [2.45, 2.75) is 78.6 Å². The van der Waals surface area contributed by atoms with Gasteiger partial charge in [-0.15, -0.1) is 0 Å². The van der Waals surface area contributed by atoms with Crippen molar-refractivity contribution in [3.8, 4) is 0 Å². The van der Waals surface area contributed by atoms with Crippen LogP contribution in [0.15, 0.2) is 0 Å². The monoisotopic (exact) mass is 228 g/mol. The molecule has 2 atom stereocenters.